The summed E-state index contributed by atoms with van der Waals surface area (Å²) >= 11 is 1.55. The molecule has 0 saturated carbocycles. The highest BCUT2D eigenvalue weighted by Crippen LogP contribution is 2.33. The molecule has 164 valence electrons. The summed E-state index contributed by atoms with van der Waals surface area (Å²) < 4.78 is 1.86. The van der Waals surface area contributed by atoms with Crippen LogP contribution < -0.4 is 5.32 Å². The third-order valence-electron chi connectivity index (χ3n) is 5.60. The Hall–Kier alpha value is -3.05. The van der Waals surface area contributed by atoms with Gasteiger partial charge in [-0.25, -0.2) is 0 Å². The number of carbonyl (C=O) groups is 2. The van der Waals surface area contributed by atoms with E-state index in [-0.39, 0.29) is 17.1 Å². The van der Waals surface area contributed by atoms with Gasteiger partial charge in [0.05, 0.1) is 16.3 Å². The molecule has 0 bridgehead atoms. The first-order valence-corrected chi connectivity index (χ1v) is 12.1. The molecule has 0 spiro atoms. The second-order valence-corrected chi connectivity index (χ2v) is 9.18. The minimum absolute atomic E-state index is 0.0300. The second kappa shape index (κ2) is 10.0. The van der Waals surface area contributed by atoms with Crippen LogP contribution in [-0.2, 0) is 4.79 Å². The summed E-state index contributed by atoms with van der Waals surface area (Å²) in [6, 6.07) is 23.9. The molecule has 1 aromatic heterocycles. The normalized spacial score (nSPS) is 12.2. The van der Waals surface area contributed by atoms with Crippen molar-refractivity contribution in [1.29, 1.82) is 0 Å². The van der Waals surface area contributed by atoms with E-state index in [1.54, 1.807) is 11.8 Å². The number of aromatic nitrogens is 1. The van der Waals surface area contributed by atoms with Crippen LogP contribution in [0.15, 0.2) is 77.7 Å². The van der Waals surface area contributed by atoms with Gasteiger partial charge in [-0.15, -0.1) is 11.8 Å². The molecule has 0 radical (unpaired) electrons. The van der Waals surface area contributed by atoms with Gasteiger partial charge in [0.1, 0.15) is 0 Å². The zero-order valence-electron chi connectivity index (χ0n) is 18.5. The van der Waals surface area contributed by atoms with Gasteiger partial charge in [-0.2, -0.15) is 0 Å². The smallest absolute Gasteiger partial charge is 0.245 e. The Morgan fingerprint density at radius 1 is 0.906 bits per heavy atom. The summed E-state index contributed by atoms with van der Waals surface area (Å²) in [6.07, 6.45) is 3.10. The van der Waals surface area contributed by atoms with E-state index >= 15 is 0 Å². The molecule has 0 aliphatic heterocycles. The number of benzene rings is 3. The summed E-state index contributed by atoms with van der Waals surface area (Å²) in [4.78, 5) is 26.8. The first-order valence-electron chi connectivity index (χ1n) is 11.2. The number of fused-ring (bicyclic) bond motifs is 3. The van der Waals surface area contributed by atoms with Crippen molar-refractivity contribution in [3.63, 3.8) is 0 Å². The Morgan fingerprint density at radius 2 is 1.56 bits per heavy atom. The van der Waals surface area contributed by atoms with Crippen LogP contribution in [0.25, 0.3) is 21.8 Å². The minimum atomic E-state index is -0.236. The zero-order chi connectivity index (χ0) is 22.5. The molecular weight excluding hydrogens is 416 g/mol. The lowest BCUT2D eigenvalue weighted by Crippen LogP contribution is -2.23. The Labute approximate surface area is 193 Å². The Morgan fingerprint density at radius 3 is 2.19 bits per heavy atom. The van der Waals surface area contributed by atoms with E-state index in [1.165, 1.54) is 0 Å². The fourth-order valence-corrected chi connectivity index (χ4v) is 5.04. The fourth-order valence-electron chi connectivity index (χ4n) is 3.98. The highest BCUT2D eigenvalue weighted by Gasteiger charge is 2.24. The molecule has 0 aliphatic carbocycles. The maximum absolute atomic E-state index is 13.7. The van der Waals surface area contributed by atoms with Gasteiger partial charge in [0, 0.05) is 27.8 Å². The maximum Gasteiger partial charge on any atom is 0.245 e. The summed E-state index contributed by atoms with van der Waals surface area (Å²) in [5.74, 6) is 0.106. The van der Waals surface area contributed by atoms with Gasteiger partial charge >= 0.3 is 0 Å². The molecule has 32 heavy (non-hydrogen) atoms. The molecule has 0 fully saturated rings. The monoisotopic (exact) mass is 444 g/mol. The van der Waals surface area contributed by atoms with Crippen molar-refractivity contribution in [2.45, 2.75) is 49.7 Å². The largest absolute Gasteiger partial charge is 0.326 e. The highest BCUT2D eigenvalue weighted by atomic mass is 32.2. The van der Waals surface area contributed by atoms with Crippen molar-refractivity contribution in [2.75, 3.05) is 5.32 Å². The highest BCUT2D eigenvalue weighted by molar-refractivity contribution is 8.00. The number of anilines is 1. The molecule has 1 N–H and O–H groups in total. The number of amides is 1. The van der Waals surface area contributed by atoms with E-state index in [1.807, 2.05) is 72.2 Å². The third-order valence-corrected chi connectivity index (χ3v) is 6.95. The molecule has 4 rings (SSSR count). The lowest BCUT2D eigenvalue weighted by atomic mass is 10.2. The first kappa shape index (κ1) is 22.2. The van der Waals surface area contributed by atoms with Crippen LogP contribution in [0.1, 0.15) is 44.3 Å². The average Bonchev–Trinajstić information content (AvgIpc) is 3.15. The number of nitrogens with zero attached hydrogens (tertiary/aromatic N) is 1. The zero-order valence-corrected chi connectivity index (χ0v) is 19.3. The van der Waals surface area contributed by atoms with Crippen molar-refractivity contribution < 1.29 is 9.59 Å². The van der Waals surface area contributed by atoms with Crippen LogP contribution in [0.3, 0.4) is 0 Å². The number of rotatable bonds is 8. The standard InChI is InChI=1S/C27H28N2O2S/c1-3-5-17-26(30)28-19-11-10-12-20(18-19)32-25(4-2)27(31)29-23-15-8-6-13-21(23)22-14-7-9-16-24(22)29/h6-16,18,25H,3-5,17H2,1-2H3,(H,28,30). The van der Waals surface area contributed by atoms with Gasteiger partial charge in [-0.05, 0) is 43.2 Å². The Bertz CT molecular complexity index is 1210. The van der Waals surface area contributed by atoms with Crippen LogP contribution in [-0.4, -0.2) is 21.6 Å². The summed E-state index contributed by atoms with van der Waals surface area (Å²) in [7, 11) is 0. The number of thioether (sulfide) groups is 1. The Kier molecular flexibility index (Phi) is 6.96. The van der Waals surface area contributed by atoms with E-state index in [0.717, 1.165) is 45.2 Å². The number of carbonyl (C=O) groups excluding carboxylic acids is 2. The minimum Gasteiger partial charge on any atom is -0.326 e. The van der Waals surface area contributed by atoms with E-state index in [4.69, 9.17) is 0 Å². The predicted octanol–water partition coefficient (Wildman–Crippen LogP) is 7.13. The molecule has 1 heterocycles. The fraction of sp³-hybridized carbons (Fsp3) is 0.259. The van der Waals surface area contributed by atoms with Crippen molar-refractivity contribution in [2.24, 2.45) is 0 Å². The van der Waals surface area contributed by atoms with Crippen LogP contribution in [0.4, 0.5) is 5.69 Å². The summed E-state index contributed by atoms with van der Waals surface area (Å²) in [5, 5.41) is 4.92. The predicted molar refractivity (Wildman–Crippen MR) is 135 cm³/mol. The number of nitrogens with one attached hydrogen (secondary N) is 1. The van der Waals surface area contributed by atoms with E-state index < -0.39 is 0 Å². The molecule has 3 aromatic carbocycles. The summed E-state index contributed by atoms with van der Waals surface area (Å²) in [6.45, 7) is 4.11. The molecule has 4 nitrogen and oxygen atoms in total. The number of unbranched alkanes of at least 4 members (excludes halogenated alkanes) is 1. The van der Waals surface area contributed by atoms with Crippen molar-refractivity contribution >= 4 is 51.1 Å². The molecule has 1 unspecified atom stereocenters. The molecule has 1 amide bonds. The van der Waals surface area contributed by atoms with Crippen LogP contribution in [0.2, 0.25) is 0 Å². The number of para-hydroxylation sites is 2. The van der Waals surface area contributed by atoms with E-state index in [2.05, 4.69) is 24.4 Å². The number of hydrogen-bond acceptors (Lipinski definition) is 3. The van der Waals surface area contributed by atoms with Gasteiger partial charge in [0.25, 0.3) is 0 Å². The van der Waals surface area contributed by atoms with Crippen molar-refractivity contribution in [3.8, 4) is 0 Å². The lowest BCUT2D eigenvalue weighted by molar-refractivity contribution is -0.116. The van der Waals surface area contributed by atoms with Crippen molar-refractivity contribution in [3.05, 3.63) is 72.8 Å². The molecule has 1 atom stereocenters. The molecule has 0 saturated heterocycles. The van der Waals surface area contributed by atoms with Crippen LogP contribution >= 0.6 is 11.8 Å². The van der Waals surface area contributed by atoms with E-state index in [0.29, 0.717) is 12.8 Å². The topological polar surface area (TPSA) is 51.1 Å². The molecule has 0 aliphatic rings. The maximum atomic E-state index is 13.7. The van der Waals surface area contributed by atoms with Gasteiger partial charge < -0.3 is 5.32 Å². The van der Waals surface area contributed by atoms with Gasteiger partial charge in [0.15, 0.2) is 0 Å². The third kappa shape index (κ3) is 4.58. The van der Waals surface area contributed by atoms with E-state index in [9.17, 15) is 9.59 Å². The Balaban J connectivity index is 1.61. The summed E-state index contributed by atoms with van der Waals surface area (Å²) in [5.41, 5.74) is 2.65. The first-order chi connectivity index (χ1) is 15.6. The average molecular weight is 445 g/mol. The molecular formula is C27H28N2O2S. The van der Waals surface area contributed by atoms with Crippen molar-refractivity contribution in [1.82, 2.24) is 4.57 Å². The lowest BCUT2D eigenvalue weighted by Gasteiger charge is -2.16. The van der Waals surface area contributed by atoms with Crippen LogP contribution in [0.5, 0.6) is 0 Å². The molecule has 5 heteroatoms. The number of hydrogen-bond donors (Lipinski definition) is 1. The molecule has 4 aromatic rings. The van der Waals surface area contributed by atoms with Gasteiger partial charge in [0.2, 0.25) is 11.8 Å². The SMILES string of the molecule is CCCCC(=O)Nc1cccc(SC(CC)C(=O)n2c3ccccc3c3ccccc32)c1. The second-order valence-electron chi connectivity index (χ2n) is 7.90. The quantitative estimate of drug-likeness (QED) is 0.294. The van der Waals surface area contributed by atoms with Gasteiger partial charge in [-0.3, -0.25) is 14.2 Å². The van der Waals surface area contributed by atoms with Gasteiger partial charge in [-0.1, -0.05) is 62.7 Å². The van der Waals surface area contributed by atoms with Crippen LogP contribution in [0, 0.1) is 0 Å².